The largest absolute Gasteiger partial charge is 0.417 e. The van der Waals surface area contributed by atoms with E-state index >= 15 is 0 Å². The molecule has 0 aromatic carbocycles. The first-order valence-corrected chi connectivity index (χ1v) is 24.1. The Labute approximate surface area is 447 Å². The predicted octanol–water partition coefficient (Wildman–Crippen LogP) is 13.0. The van der Waals surface area contributed by atoms with E-state index in [-0.39, 0.29) is 39.6 Å². The summed E-state index contributed by atoms with van der Waals surface area (Å²) < 4.78 is 113. The number of isothiocyanates is 1. The standard InChI is InChI=1S/C17H17ClF3N5S.C12H14ClF3N2.C11H13ClF3N3.C6H4N2S.ClH/c18-14-8-11(17(19,20)21)9-23-15(14)26-6-3-12(4-7-26)24-16(27)25-13-2-1-5-22-10-13;1-8-2-4-18(5-3-8)11-10(13)6-9(7-17-11)12(14,15)16;12-9-5-7(11(13,14)15)6-17-10(9)18-3-1-8(16)2-4-18;9-5-8-6-2-1-3-7-4-6;/h1-2,5,8-10,12H,3-4,6-7H2,(H2,24,25,27);6-8H,2-5H2,1H3;5-6,8H,1-4,16H2;1-4H;1H. The average Bonchev–Trinajstić information content (AvgIpc) is 3.33. The summed E-state index contributed by atoms with van der Waals surface area (Å²) in [6, 6.07) is 10.4. The van der Waals surface area contributed by atoms with Crippen molar-refractivity contribution < 1.29 is 39.5 Å². The van der Waals surface area contributed by atoms with Gasteiger partial charge in [-0.1, -0.05) is 41.7 Å². The van der Waals surface area contributed by atoms with Crippen LogP contribution in [0, 0.1) is 5.92 Å². The Morgan fingerprint density at radius 1 is 0.644 bits per heavy atom. The Morgan fingerprint density at radius 2 is 1.04 bits per heavy atom. The summed E-state index contributed by atoms with van der Waals surface area (Å²) in [5.74, 6) is 1.88. The molecule has 27 heteroatoms. The highest BCUT2D eigenvalue weighted by Gasteiger charge is 2.35. The molecule has 3 fully saturated rings. The number of thiocarbonyl (C=S) groups is 2. The number of piperidine rings is 3. The van der Waals surface area contributed by atoms with E-state index in [1.165, 1.54) is 0 Å². The molecule has 4 N–H and O–H groups in total. The van der Waals surface area contributed by atoms with E-state index in [1.54, 1.807) is 30.9 Å². The zero-order chi connectivity index (χ0) is 52.6. The van der Waals surface area contributed by atoms with Crippen LogP contribution < -0.4 is 31.1 Å². The normalized spacial score (nSPS) is 15.7. The van der Waals surface area contributed by atoms with Gasteiger partial charge in [-0.15, -0.1) is 12.4 Å². The minimum Gasteiger partial charge on any atom is -0.360 e. The third-order valence-electron chi connectivity index (χ3n) is 11.2. The molecule has 3 aliphatic rings. The molecule has 73 heavy (non-hydrogen) atoms. The first kappa shape index (κ1) is 60.7. The number of aromatic nitrogens is 5. The van der Waals surface area contributed by atoms with Gasteiger partial charge in [0, 0.05) is 82.3 Å². The molecule has 0 radical (unpaired) electrons. The van der Waals surface area contributed by atoms with Crippen LogP contribution in [0.2, 0.25) is 15.1 Å². The van der Waals surface area contributed by atoms with Gasteiger partial charge >= 0.3 is 18.5 Å². The van der Waals surface area contributed by atoms with Gasteiger partial charge in [0.05, 0.1) is 60.7 Å². The van der Waals surface area contributed by atoms with Gasteiger partial charge in [-0.25, -0.2) is 15.0 Å². The lowest BCUT2D eigenvalue weighted by molar-refractivity contribution is -0.138. The number of nitrogens with one attached hydrogen (secondary N) is 2. The van der Waals surface area contributed by atoms with Gasteiger partial charge in [-0.2, -0.15) is 44.5 Å². The summed E-state index contributed by atoms with van der Waals surface area (Å²) in [6.07, 6.45) is 0.994. The number of aliphatic imine (C=N–C) groups is 1. The van der Waals surface area contributed by atoms with E-state index in [2.05, 4.69) is 64.8 Å². The molecule has 8 rings (SSSR count). The highest BCUT2D eigenvalue weighted by atomic mass is 35.5. The molecule has 396 valence electrons. The Bertz CT molecular complexity index is 2480. The average molecular weight is 1150 g/mol. The molecular weight excluding hydrogens is 1100 g/mol. The topological polar surface area (TPSA) is 137 Å². The Hall–Kier alpha value is -4.87. The van der Waals surface area contributed by atoms with Crippen molar-refractivity contribution in [2.45, 2.75) is 76.1 Å². The van der Waals surface area contributed by atoms with Crippen molar-refractivity contribution in [2.75, 3.05) is 59.3 Å². The Morgan fingerprint density at radius 3 is 1.40 bits per heavy atom. The first-order valence-electron chi connectivity index (χ1n) is 22.2. The molecule has 3 saturated heterocycles. The van der Waals surface area contributed by atoms with E-state index in [4.69, 9.17) is 52.8 Å². The molecule has 5 aromatic heterocycles. The summed E-state index contributed by atoms with van der Waals surface area (Å²) in [6.45, 7) is 6.31. The van der Waals surface area contributed by atoms with E-state index in [0.717, 1.165) is 99.8 Å². The van der Waals surface area contributed by atoms with Crippen LogP contribution in [0.4, 0.5) is 68.3 Å². The van der Waals surface area contributed by atoms with Crippen LogP contribution in [-0.2, 0) is 18.5 Å². The van der Waals surface area contributed by atoms with Gasteiger partial charge < -0.3 is 31.1 Å². The van der Waals surface area contributed by atoms with E-state index < -0.39 is 35.2 Å². The van der Waals surface area contributed by atoms with Crippen molar-refractivity contribution in [3.05, 3.63) is 118 Å². The van der Waals surface area contributed by atoms with Crippen LogP contribution in [0.5, 0.6) is 0 Å². The third-order valence-corrected chi connectivity index (χ3v) is 12.4. The van der Waals surface area contributed by atoms with E-state index in [9.17, 15) is 39.5 Å². The first-order chi connectivity index (χ1) is 34.0. The highest BCUT2D eigenvalue weighted by Crippen LogP contribution is 2.37. The number of nitrogens with two attached hydrogens (primary N) is 1. The zero-order valence-corrected chi connectivity index (χ0v) is 43.4. The summed E-state index contributed by atoms with van der Waals surface area (Å²) in [4.78, 5) is 28.9. The van der Waals surface area contributed by atoms with Crippen LogP contribution in [0.25, 0.3) is 0 Å². The summed E-state index contributed by atoms with van der Waals surface area (Å²) in [7, 11) is 0. The van der Waals surface area contributed by atoms with E-state index in [1.807, 2.05) is 32.9 Å². The fourth-order valence-corrected chi connectivity index (χ4v) is 8.53. The summed E-state index contributed by atoms with van der Waals surface area (Å²) >= 11 is 27.5. The second-order valence-corrected chi connectivity index (χ2v) is 18.4. The number of anilines is 4. The van der Waals surface area contributed by atoms with Crippen molar-refractivity contribution in [1.29, 1.82) is 0 Å². The maximum Gasteiger partial charge on any atom is 0.417 e. The maximum atomic E-state index is 12.7. The van der Waals surface area contributed by atoms with Gasteiger partial charge in [-0.05, 0) is 111 Å². The Kier molecular flexibility index (Phi) is 23.4. The molecule has 0 spiro atoms. The molecular formula is C46H49Cl4F9N12S2. The Balaban J connectivity index is 0.000000222. The van der Waals surface area contributed by atoms with Crippen LogP contribution >= 0.6 is 71.6 Å². The van der Waals surface area contributed by atoms with Gasteiger partial charge in [0.1, 0.15) is 17.5 Å². The van der Waals surface area contributed by atoms with E-state index in [0.29, 0.717) is 54.7 Å². The molecule has 0 aliphatic carbocycles. The predicted molar refractivity (Wildman–Crippen MR) is 278 cm³/mol. The quantitative estimate of drug-likeness (QED) is 0.0846. The van der Waals surface area contributed by atoms with Crippen molar-refractivity contribution >= 4 is 111 Å². The van der Waals surface area contributed by atoms with Gasteiger partial charge in [0.25, 0.3) is 0 Å². The van der Waals surface area contributed by atoms with Crippen LogP contribution in [0.1, 0.15) is 62.1 Å². The van der Waals surface area contributed by atoms with Crippen molar-refractivity contribution in [3.8, 4) is 0 Å². The molecule has 0 amide bonds. The molecule has 8 heterocycles. The number of alkyl halides is 9. The zero-order valence-electron chi connectivity index (χ0n) is 38.7. The minimum atomic E-state index is -4.46. The van der Waals surface area contributed by atoms with Gasteiger partial charge in [-0.3, -0.25) is 9.97 Å². The van der Waals surface area contributed by atoms with Crippen LogP contribution in [0.3, 0.4) is 0 Å². The molecule has 0 bridgehead atoms. The molecule has 12 nitrogen and oxygen atoms in total. The molecule has 3 aliphatic heterocycles. The van der Waals surface area contributed by atoms with Crippen molar-refractivity contribution in [2.24, 2.45) is 16.6 Å². The number of nitrogens with zero attached hydrogens (tertiary/aromatic N) is 9. The number of hydrogen-bond donors (Lipinski definition) is 3. The fourth-order valence-electron chi connectivity index (χ4n) is 7.28. The minimum absolute atomic E-state index is 0. The van der Waals surface area contributed by atoms with Crippen molar-refractivity contribution in [1.82, 2.24) is 30.2 Å². The van der Waals surface area contributed by atoms with Crippen LogP contribution in [0.15, 0.2) is 90.8 Å². The van der Waals surface area contributed by atoms with Crippen LogP contribution in [-0.4, -0.2) is 86.5 Å². The number of rotatable bonds is 6. The lowest BCUT2D eigenvalue weighted by atomic mass is 9.99. The lowest BCUT2D eigenvalue weighted by Gasteiger charge is -2.34. The van der Waals surface area contributed by atoms with Crippen molar-refractivity contribution in [3.63, 3.8) is 0 Å². The fraction of sp³-hybridized carbons (Fsp3) is 0.413. The third kappa shape index (κ3) is 19.4. The molecule has 0 unspecified atom stereocenters. The summed E-state index contributed by atoms with van der Waals surface area (Å²) in [5, 5.41) is 9.17. The molecule has 0 saturated carbocycles. The highest BCUT2D eigenvalue weighted by molar-refractivity contribution is 7.80. The van der Waals surface area contributed by atoms with Gasteiger partial charge in [0.2, 0.25) is 0 Å². The monoisotopic (exact) mass is 1140 g/mol. The second kappa shape index (κ2) is 28.1. The molecule has 0 atom stereocenters. The maximum absolute atomic E-state index is 12.7. The number of hydrogen-bond acceptors (Lipinski definition) is 12. The number of pyridine rings is 5. The lowest BCUT2D eigenvalue weighted by Crippen LogP contribution is -2.46. The molecule has 5 aromatic rings. The second-order valence-electron chi connectivity index (χ2n) is 16.6. The smallest absolute Gasteiger partial charge is 0.360 e. The SMILES string of the molecule is CC1CCN(c2ncc(C(F)(F)F)cc2Cl)CC1.Cl.FC(F)(F)c1cnc(N2CCC(NC(=S)Nc3cccnc3)CC2)c(Cl)c1.NC1CCN(c2ncc(C(F)(F)F)cc2Cl)CC1.S=C=Nc1cccnc1. The number of halogens is 13. The van der Waals surface area contributed by atoms with Gasteiger partial charge in [0.15, 0.2) is 5.11 Å². The summed E-state index contributed by atoms with van der Waals surface area (Å²) in [5.41, 5.74) is 4.83.